The standard InChI is InChI=1S/C8H6O4.C6H14O3.C5H12O2.C4H2O3/c9-7(10)5-2-1-3-6(4-5)8(11)12;7-3-1-5-9-6-2-4-8;1-5(2,3-6)4-7;5-3-1-2-4(6)7-3/h1-4H,(H,9,10)(H,11,12);7-8H,1-6H2;6-7H,3-4H2,1-2H3;1-2H. The zero-order valence-electron chi connectivity index (χ0n) is 19.8. The van der Waals surface area contributed by atoms with Gasteiger partial charge in [0.25, 0.3) is 0 Å². The van der Waals surface area contributed by atoms with E-state index in [9.17, 15) is 19.2 Å². The third-order valence-corrected chi connectivity index (χ3v) is 3.66. The van der Waals surface area contributed by atoms with Crippen molar-refractivity contribution in [3.05, 3.63) is 47.5 Å². The van der Waals surface area contributed by atoms with E-state index >= 15 is 0 Å². The fourth-order valence-electron chi connectivity index (χ4n) is 1.57. The van der Waals surface area contributed by atoms with Gasteiger partial charge < -0.3 is 40.1 Å². The number of hydrogen-bond donors (Lipinski definition) is 6. The third kappa shape index (κ3) is 20.0. The number of rotatable bonds is 10. The summed E-state index contributed by atoms with van der Waals surface area (Å²) < 4.78 is 8.97. The van der Waals surface area contributed by atoms with Crippen molar-refractivity contribution in [2.45, 2.75) is 26.7 Å². The topological polar surface area (TPSA) is 208 Å². The molecule has 12 heteroatoms. The van der Waals surface area contributed by atoms with Crippen LogP contribution in [0.1, 0.15) is 47.4 Å². The number of esters is 2. The molecular formula is C23H34O12. The molecule has 12 nitrogen and oxygen atoms in total. The molecule has 0 spiro atoms. The maximum Gasteiger partial charge on any atom is 0.338 e. The molecule has 1 aliphatic rings. The molecule has 0 saturated heterocycles. The van der Waals surface area contributed by atoms with Crippen LogP contribution in [0.25, 0.3) is 0 Å². The summed E-state index contributed by atoms with van der Waals surface area (Å²) in [6, 6.07) is 5.20. The van der Waals surface area contributed by atoms with Crippen molar-refractivity contribution in [3.63, 3.8) is 0 Å². The molecule has 0 radical (unpaired) electrons. The molecule has 0 unspecified atom stereocenters. The maximum atomic E-state index is 10.4. The minimum absolute atomic E-state index is 0.0186. The van der Waals surface area contributed by atoms with E-state index in [1.165, 1.54) is 18.2 Å². The molecule has 1 heterocycles. The van der Waals surface area contributed by atoms with Gasteiger partial charge in [-0.05, 0) is 31.0 Å². The lowest BCUT2D eigenvalue weighted by molar-refractivity contribution is -0.150. The zero-order chi connectivity index (χ0) is 27.3. The highest BCUT2D eigenvalue weighted by Gasteiger charge is 2.13. The molecule has 6 N–H and O–H groups in total. The molecule has 0 aliphatic carbocycles. The van der Waals surface area contributed by atoms with Crippen molar-refractivity contribution in [2.75, 3.05) is 39.6 Å². The number of carbonyl (C=O) groups is 4. The van der Waals surface area contributed by atoms with Crippen LogP contribution < -0.4 is 0 Å². The molecule has 1 aromatic carbocycles. The van der Waals surface area contributed by atoms with Gasteiger partial charge in [-0.2, -0.15) is 0 Å². The zero-order valence-corrected chi connectivity index (χ0v) is 19.8. The summed E-state index contributed by atoms with van der Waals surface area (Å²) in [6.45, 7) is 5.23. The summed E-state index contributed by atoms with van der Waals surface area (Å²) in [4.78, 5) is 40.6. The van der Waals surface area contributed by atoms with Crippen molar-refractivity contribution in [1.29, 1.82) is 0 Å². The predicted octanol–water partition coefficient (Wildman–Crippen LogP) is 0.474. The summed E-state index contributed by atoms with van der Waals surface area (Å²) in [5.41, 5.74) is -0.343. The van der Waals surface area contributed by atoms with Gasteiger partial charge in [0, 0.05) is 44.0 Å². The Bertz CT molecular complexity index is 744. The maximum absolute atomic E-state index is 10.4. The quantitative estimate of drug-likeness (QED) is 0.147. The van der Waals surface area contributed by atoms with Crippen LogP contribution in [0.4, 0.5) is 0 Å². The highest BCUT2D eigenvalue weighted by Crippen LogP contribution is 2.10. The molecule has 0 saturated carbocycles. The van der Waals surface area contributed by atoms with Crippen molar-refractivity contribution < 1.29 is 59.3 Å². The molecule has 198 valence electrons. The lowest BCUT2D eigenvalue weighted by Crippen LogP contribution is -2.20. The van der Waals surface area contributed by atoms with E-state index in [-0.39, 0.29) is 43.0 Å². The van der Waals surface area contributed by atoms with Crippen molar-refractivity contribution in [3.8, 4) is 0 Å². The Morgan fingerprint density at radius 1 is 0.829 bits per heavy atom. The van der Waals surface area contributed by atoms with Crippen LogP contribution in [-0.2, 0) is 19.1 Å². The van der Waals surface area contributed by atoms with Gasteiger partial charge in [0.1, 0.15) is 0 Å². The van der Waals surface area contributed by atoms with Crippen molar-refractivity contribution in [1.82, 2.24) is 0 Å². The fourth-order valence-corrected chi connectivity index (χ4v) is 1.57. The second-order valence-corrected chi connectivity index (χ2v) is 7.51. The van der Waals surface area contributed by atoms with Crippen LogP contribution in [0.15, 0.2) is 36.4 Å². The van der Waals surface area contributed by atoms with Crippen LogP contribution in [0.2, 0.25) is 0 Å². The summed E-state index contributed by atoms with van der Waals surface area (Å²) in [5, 5.41) is 50.5. The molecule has 0 amide bonds. The smallest absolute Gasteiger partial charge is 0.338 e. The van der Waals surface area contributed by atoms with Crippen LogP contribution >= 0.6 is 0 Å². The number of carboxylic acid groups (broad SMARTS) is 2. The first kappa shape index (κ1) is 34.0. The largest absolute Gasteiger partial charge is 0.478 e. The summed E-state index contributed by atoms with van der Waals surface area (Å²) in [7, 11) is 0. The van der Waals surface area contributed by atoms with E-state index in [0.717, 1.165) is 18.2 Å². The molecule has 0 fully saturated rings. The summed E-state index contributed by atoms with van der Waals surface area (Å²) >= 11 is 0. The molecule has 2 rings (SSSR count). The van der Waals surface area contributed by atoms with E-state index in [1.54, 1.807) is 13.8 Å². The first-order chi connectivity index (χ1) is 16.4. The summed E-state index contributed by atoms with van der Waals surface area (Å²) in [5.74, 6) is -3.41. The number of aromatic carboxylic acids is 2. The molecular weight excluding hydrogens is 468 g/mol. The van der Waals surface area contributed by atoms with Gasteiger partial charge in [0.05, 0.1) is 24.3 Å². The molecule has 0 aromatic heterocycles. The summed E-state index contributed by atoms with van der Waals surface area (Å²) in [6.07, 6.45) is 3.54. The van der Waals surface area contributed by atoms with Gasteiger partial charge in [-0.15, -0.1) is 0 Å². The average Bonchev–Trinajstić information content (AvgIpc) is 3.22. The minimum Gasteiger partial charge on any atom is -0.478 e. The molecule has 1 aromatic rings. The number of carboxylic acids is 2. The van der Waals surface area contributed by atoms with E-state index in [1.807, 2.05) is 0 Å². The molecule has 1 aliphatic heterocycles. The Morgan fingerprint density at radius 3 is 1.46 bits per heavy atom. The van der Waals surface area contributed by atoms with Crippen LogP contribution in [0.5, 0.6) is 0 Å². The number of carbonyl (C=O) groups excluding carboxylic acids is 2. The van der Waals surface area contributed by atoms with Gasteiger partial charge in [-0.1, -0.05) is 19.9 Å². The van der Waals surface area contributed by atoms with E-state index in [4.69, 9.17) is 35.4 Å². The lowest BCUT2D eigenvalue weighted by Gasteiger charge is -2.16. The highest BCUT2D eigenvalue weighted by molar-refractivity contribution is 6.04. The number of ether oxygens (including phenoxy) is 2. The predicted molar refractivity (Wildman–Crippen MR) is 123 cm³/mol. The first-order valence-electron chi connectivity index (χ1n) is 10.5. The SMILES string of the molecule is CC(C)(CO)CO.O=C(O)c1cccc(C(=O)O)c1.O=C1C=CC(=O)O1.OCCCOCCCO. The first-order valence-corrected chi connectivity index (χ1v) is 10.5. The number of cyclic esters (lactones) is 2. The third-order valence-electron chi connectivity index (χ3n) is 3.66. The van der Waals surface area contributed by atoms with E-state index < -0.39 is 23.9 Å². The van der Waals surface area contributed by atoms with Crippen LogP contribution in [0.3, 0.4) is 0 Å². The van der Waals surface area contributed by atoms with Crippen LogP contribution in [-0.4, -0.2) is 94.2 Å². The van der Waals surface area contributed by atoms with Gasteiger partial charge in [0.2, 0.25) is 0 Å². The normalized spacial score (nSPS) is 11.7. The van der Waals surface area contributed by atoms with E-state index in [0.29, 0.717) is 26.1 Å². The van der Waals surface area contributed by atoms with Crippen molar-refractivity contribution >= 4 is 23.9 Å². The Kier molecular flexibility index (Phi) is 19.7. The van der Waals surface area contributed by atoms with Gasteiger partial charge in [-0.3, -0.25) is 0 Å². The second-order valence-electron chi connectivity index (χ2n) is 7.51. The number of benzene rings is 1. The van der Waals surface area contributed by atoms with E-state index in [2.05, 4.69) is 4.74 Å². The number of aliphatic hydroxyl groups excluding tert-OH is 4. The molecule has 0 bridgehead atoms. The average molecular weight is 503 g/mol. The van der Waals surface area contributed by atoms with Crippen molar-refractivity contribution in [2.24, 2.45) is 5.41 Å². The van der Waals surface area contributed by atoms with Gasteiger partial charge in [-0.25, -0.2) is 19.2 Å². The molecule has 35 heavy (non-hydrogen) atoms. The fraction of sp³-hybridized carbons (Fsp3) is 0.478. The number of aliphatic hydroxyl groups is 4. The monoisotopic (exact) mass is 502 g/mol. The van der Waals surface area contributed by atoms with Gasteiger partial charge >= 0.3 is 23.9 Å². The van der Waals surface area contributed by atoms with Gasteiger partial charge in [0.15, 0.2) is 0 Å². The lowest BCUT2D eigenvalue weighted by atomic mass is 9.97. The Balaban J connectivity index is 0. The molecule has 0 atom stereocenters. The minimum atomic E-state index is -1.13. The highest BCUT2D eigenvalue weighted by atomic mass is 16.6. The Morgan fingerprint density at radius 2 is 1.23 bits per heavy atom. The van der Waals surface area contributed by atoms with Crippen LogP contribution in [0, 0.1) is 5.41 Å². The Labute approximate surface area is 203 Å². The number of hydrogen-bond acceptors (Lipinski definition) is 10. The Hall–Kier alpha value is -3.16. The second kappa shape index (κ2) is 20.2.